The van der Waals surface area contributed by atoms with Gasteiger partial charge in [-0.2, -0.15) is 0 Å². The van der Waals surface area contributed by atoms with Gasteiger partial charge in [-0.15, -0.1) is 0 Å². The second kappa shape index (κ2) is 45.6. The first-order chi connectivity index (χ1) is 28.0. The third kappa shape index (κ3) is 39.7. The van der Waals surface area contributed by atoms with Gasteiger partial charge in [-0.3, -0.25) is 4.79 Å². The molecule has 57 heavy (non-hydrogen) atoms. The van der Waals surface area contributed by atoms with Crippen molar-refractivity contribution in [2.75, 3.05) is 6.61 Å². The number of allylic oxidation sites excluding steroid dienone is 6. The van der Waals surface area contributed by atoms with Gasteiger partial charge in [0.05, 0.1) is 18.8 Å². The third-order valence-corrected chi connectivity index (χ3v) is 11.6. The van der Waals surface area contributed by atoms with Crippen molar-refractivity contribution in [3.05, 3.63) is 36.5 Å². The van der Waals surface area contributed by atoms with E-state index in [1.54, 1.807) is 0 Å². The van der Waals surface area contributed by atoms with Gasteiger partial charge in [-0.25, -0.2) is 0 Å². The summed E-state index contributed by atoms with van der Waals surface area (Å²) in [6, 6.07) is -1.01. The van der Waals surface area contributed by atoms with Crippen molar-refractivity contribution >= 4 is 5.91 Å². The van der Waals surface area contributed by atoms with Gasteiger partial charge in [0.2, 0.25) is 5.91 Å². The van der Waals surface area contributed by atoms with E-state index in [4.69, 9.17) is 0 Å². The van der Waals surface area contributed by atoms with Gasteiger partial charge in [0.15, 0.2) is 0 Å². The average molecular weight is 804 g/mol. The lowest BCUT2D eigenvalue weighted by atomic mass is 10.00. The SMILES string of the molecule is CCCCCCCCC/C=C\CCCCCCC(O)C(=O)NC(CO)C(O)C(O)CCC/C=C/CC/C=C/CCCCCCCCCCCCCCCCCCC. The van der Waals surface area contributed by atoms with Gasteiger partial charge >= 0.3 is 0 Å². The first kappa shape index (κ1) is 55.5. The van der Waals surface area contributed by atoms with Gasteiger partial charge in [-0.1, -0.05) is 211 Å². The maximum atomic E-state index is 12.5. The van der Waals surface area contributed by atoms with Gasteiger partial charge in [0.25, 0.3) is 0 Å². The smallest absolute Gasteiger partial charge is 0.249 e. The molecule has 0 spiro atoms. The third-order valence-electron chi connectivity index (χ3n) is 11.6. The lowest BCUT2D eigenvalue weighted by Gasteiger charge is -2.27. The first-order valence-corrected chi connectivity index (χ1v) is 24.9. The molecule has 0 heterocycles. The molecule has 0 aliphatic carbocycles. The summed E-state index contributed by atoms with van der Waals surface area (Å²) in [7, 11) is 0. The molecule has 0 bridgehead atoms. The molecule has 0 rings (SSSR count). The lowest BCUT2D eigenvalue weighted by molar-refractivity contribution is -0.132. The zero-order valence-electron chi connectivity index (χ0n) is 37.8. The van der Waals surface area contributed by atoms with Crippen LogP contribution in [0.1, 0.15) is 251 Å². The highest BCUT2D eigenvalue weighted by atomic mass is 16.3. The maximum Gasteiger partial charge on any atom is 0.249 e. The molecule has 4 unspecified atom stereocenters. The van der Waals surface area contributed by atoms with Crippen molar-refractivity contribution in [3.63, 3.8) is 0 Å². The van der Waals surface area contributed by atoms with E-state index in [0.717, 1.165) is 51.4 Å². The van der Waals surface area contributed by atoms with Crippen LogP contribution in [0.2, 0.25) is 0 Å². The minimum Gasteiger partial charge on any atom is -0.394 e. The molecule has 0 saturated heterocycles. The summed E-state index contributed by atoms with van der Waals surface area (Å²) in [6.07, 6.45) is 54.8. The minimum absolute atomic E-state index is 0.346. The van der Waals surface area contributed by atoms with Crippen LogP contribution in [0.5, 0.6) is 0 Å². The molecule has 6 heteroatoms. The van der Waals surface area contributed by atoms with Crippen LogP contribution in [0, 0.1) is 0 Å². The van der Waals surface area contributed by atoms with E-state index < -0.39 is 36.9 Å². The number of unbranched alkanes of at least 4 members (excludes halogenated alkanes) is 30. The molecule has 0 aliphatic heterocycles. The second-order valence-electron chi connectivity index (χ2n) is 17.1. The zero-order valence-corrected chi connectivity index (χ0v) is 37.8. The molecular weight excluding hydrogens is 707 g/mol. The van der Waals surface area contributed by atoms with E-state index in [9.17, 15) is 25.2 Å². The Balaban J connectivity index is 3.74. The Hall–Kier alpha value is -1.47. The molecule has 0 fully saturated rings. The molecule has 5 N–H and O–H groups in total. The predicted octanol–water partition coefficient (Wildman–Crippen LogP) is 13.7. The number of carbonyl (C=O) groups excluding carboxylic acids is 1. The summed E-state index contributed by atoms with van der Waals surface area (Å²) in [4.78, 5) is 12.5. The summed E-state index contributed by atoms with van der Waals surface area (Å²) in [5.74, 6) is -0.606. The molecular formula is C51H97NO5. The summed E-state index contributed by atoms with van der Waals surface area (Å²) >= 11 is 0. The van der Waals surface area contributed by atoms with Crippen LogP contribution >= 0.6 is 0 Å². The fourth-order valence-electron chi connectivity index (χ4n) is 7.59. The Kier molecular flexibility index (Phi) is 44.4. The van der Waals surface area contributed by atoms with Gasteiger partial charge in [0, 0.05) is 0 Å². The Bertz CT molecular complexity index is 904. The number of nitrogens with one attached hydrogen (secondary N) is 1. The van der Waals surface area contributed by atoms with Crippen molar-refractivity contribution in [2.24, 2.45) is 0 Å². The van der Waals surface area contributed by atoms with Crippen LogP contribution in [0.15, 0.2) is 36.5 Å². The van der Waals surface area contributed by atoms with Gasteiger partial charge in [0.1, 0.15) is 12.2 Å². The fourth-order valence-corrected chi connectivity index (χ4v) is 7.59. The van der Waals surface area contributed by atoms with Crippen molar-refractivity contribution in [2.45, 2.75) is 276 Å². The van der Waals surface area contributed by atoms with Gasteiger partial charge in [-0.05, 0) is 77.0 Å². The highest BCUT2D eigenvalue weighted by Gasteiger charge is 2.28. The predicted molar refractivity (Wildman–Crippen MR) is 247 cm³/mol. The number of rotatable bonds is 45. The Morgan fingerprint density at radius 2 is 0.737 bits per heavy atom. The number of aliphatic hydroxyl groups is 4. The van der Waals surface area contributed by atoms with E-state index in [-0.39, 0.29) is 0 Å². The van der Waals surface area contributed by atoms with Crippen LogP contribution in [0.25, 0.3) is 0 Å². The van der Waals surface area contributed by atoms with E-state index in [2.05, 4.69) is 55.6 Å². The summed E-state index contributed by atoms with van der Waals surface area (Å²) < 4.78 is 0. The molecule has 4 atom stereocenters. The Morgan fingerprint density at radius 1 is 0.421 bits per heavy atom. The molecule has 6 nitrogen and oxygen atoms in total. The van der Waals surface area contributed by atoms with Crippen LogP contribution in [-0.4, -0.2) is 57.3 Å². The normalized spacial score (nSPS) is 14.3. The molecule has 0 radical (unpaired) electrons. The first-order valence-electron chi connectivity index (χ1n) is 24.9. The average Bonchev–Trinajstić information content (AvgIpc) is 3.22. The molecule has 0 aromatic carbocycles. The number of aliphatic hydroxyl groups excluding tert-OH is 4. The topological polar surface area (TPSA) is 110 Å². The zero-order chi connectivity index (χ0) is 41.7. The molecule has 1 amide bonds. The number of amides is 1. The highest BCUT2D eigenvalue weighted by molar-refractivity contribution is 5.80. The van der Waals surface area contributed by atoms with E-state index in [0.29, 0.717) is 19.3 Å². The standard InChI is InChI=1S/C51H97NO5/c1-3-5-7-9-11-13-15-17-19-20-21-22-23-24-25-26-27-28-29-31-32-34-36-38-40-42-44-48(54)50(56)47(46-53)52-51(57)49(55)45-43-41-39-37-35-33-30-18-16-14-12-10-8-6-4-2/h29-31,33,36,38,47-50,53-56H,3-28,32,34-35,37,39-46H2,1-2H3,(H,52,57)/b31-29+,33-30-,38-36+. The van der Waals surface area contributed by atoms with Crippen molar-refractivity contribution in [1.29, 1.82) is 0 Å². The molecule has 0 aliphatic rings. The lowest BCUT2D eigenvalue weighted by Crippen LogP contribution is -2.53. The van der Waals surface area contributed by atoms with Crippen molar-refractivity contribution in [3.8, 4) is 0 Å². The minimum atomic E-state index is -1.29. The Morgan fingerprint density at radius 3 is 1.11 bits per heavy atom. The van der Waals surface area contributed by atoms with E-state index in [1.807, 2.05) is 0 Å². The summed E-state index contributed by atoms with van der Waals surface area (Å²) in [6.45, 7) is 4.04. The van der Waals surface area contributed by atoms with Crippen molar-refractivity contribution in [1.82, 2.24) is 5.32 Å². The van der Waals surface area contributed by atoms with E-state index in [1.165, 1.54) is 167 Å². The number of hydrogen-bond acceptors (Lipinski definition) is 5. The molecule has 336 valence electrons. The molecule has 0 saturated carbocycles. The van der Waals surface area contributed by atoms with Crippen LogP contribution in [0.4, 0.5) is 0 Å². The summed E-state index contributed by atoms with van der Waals surface area (Å²) in [5, 5.41) is 43.7. The molecule has 0 aromatic rings. The largest absolute Gasteiger partial charge is 0.394 e. The van der Waals surface area contributed by atoms with Crippen molar-refractivity contribution < 1.29 is 25.2 Å². The highest BCUT2D eigenvalue weighted by Crippen LogP contribution is 2.16. The van der Waals surface area contributed by atoms with E-state index >= 15 is 0 Å². The fraction of sp³-hybridized carbons (Fsp3) is 0.863. The van der Waals surface area contributed by atoms with Crippen LogP contribution in [0.3, 0.4) is 0 Å². The van der Waals surface area contributed by atoms with Gasteiger partial charge < -0.3 is 25.7 Å². The quantitative estimate of drug-likeness (QED) is 0.0311. The maximum absolute atomic E-state index is 12.5. The second-order valence-corrected chi connectivity index (χ2v) is 17.1. The Labute approximate surface area is 354 Å². The number of carbonyl (C=O) groups is 1. The van der Waals surface area contributed by atoms with Crippen LogP contribution in [-0.2, 0) is 4.79 Å². The van der Waals surface area contributed by atoms with Crippen LogP contribution < -0.4 is 5.32 Å². The summed E-state index contributed by atoms with van der Waals surface area (Å²) in [5.41, 5.74) is 0. The molecule has 0 aromatic heterocycles. The number of hydrogen-bond donors (Lipinski definition) is 5. The monoisotopic (exact) mass is 804 g/mol.